The zero-order chi connectivity index (χ0) is 37.2. The zero-order valence-corrected chi connectivity index (χ0v) is 34.9. The number of quaternary nitrogens is 1. The van der Waals surface area contributed by atoms with Gasteiger partial charge < -0.3 is 55.8 Å². The molecule has 5 rings (SSSR count). The van der Waals surface area contributed by atoms with Gasteiger partial charge in [0.15, 0.2) is 5.69 Å². The zero-order valence-electron chi connectivity index (χ0n) is 30.1. The van der Waals surface area contributed by atoms with Crippen LogP contribution in [0.5, 0.6) is 11.5 Å². The van der Waals surface area contributed by atoms with E-state index in [1.54, 1.807) is 64.9 Å². The average molecular weight is 915 g/mol. The summed E-state index contributed by atoms with van der Waals surface area (Å²) in [6, 6.07) is 1.30. The van der Waals surface area contributed by atoms with Crippen molar-refractivity contribution in [2.24, 2.45) is 7.05 Å². The number of nitrogens with one attached hydrogen (secondary N) is 1. The van der Waals surface area contributed by atoms with E-state index in [1.807, 2.05) is 27.9 Å². The molecule has 3 amide bonds. The number of aryl methyl sites for hydroxylation is 1. The predicted molar refractivity (Wildman–Crippen MR) is 199 cm³/mol. The van der Waals surface area contributed by atoms with Crippen LogP contribution >= 0.6 is 31.9 Å². The Bertz CT molecular complexity index is 1820. The molecule has 2 aromatic heterocycles. The Hall–Kier alpha value is -3.81. The van der Waals surface area contributed by atoms with Crippen LogP contribution in [0.4, 0.5) is 28.1 Å². The molecule has 0 spiro atoms. The Morgan fingerprint density at radius 2 is 1.79 bits per heavy atom. The van der Waals surface area contributed by atoms with E-state index < -0.39 is 4.92 Å². The number of rotatable bonds is 12. The summed E-state index contributed by atoms with van der Waals surface area (Å²) in [7, 11) is 8.72. The molecule has 0 radical (unpaired) electrons. The number of carbonyl (C=O) groups excluding carboxylic acids is 2. The number of likely N-dealkylation sites (tertiary alicyclic amines) is 1. The average Bonchev–Trinajstić information content (AvgIpc) is 3.44. The molecule has 16 nitrogen and oxygen atoms in total. The molecular weight excluding hydrogens is 872 g/mol. The third-order valence-electron chi connectivity index (χ3n) is 8.86. The fourth-order valence-electron chi connectivity index (χ4n) is 6.25. The highest BCUT2D eigenvalue weighted by molar-refractivity contribution is 9.11. The second-order valence-corrected chi connectivity index (χ2v) is 15.0. The van der Waals surface area contributed by atoms with Gasteiger partial charge in [0.25, 0.3) is 0 Å². The first-order valence-corrected chi connectivity index (χ1v) is 18.0. The van der Waals surface area contributed by atoms with E-state index in [9.17, 15) is 19.7 Å². The summed E-state index contributed by atoms with van der Waals surface area (Å²) >= 11 is 7.30. The first-order valence-electron chi connectivity index (χ1n) is 16.4. The number of aromatic nitrogens is 4. The maximum atomic E-state index is 14.6. The van der Waals surface area contributed by atoms with Gasteiger partial charge >= 0.3 is 11.8 Å². The lowest BCUT2D eigenvalue weighted by atomic mass is 10.0. The Morgan fingerprint density at radius 1 is 1.15 bits per heavy atom. The van der Waals surface area contributed by atoms with Crippen LogP contribution in [0, 0.1) is 10.1 Å². The van der Waals surface area contributed by atoms with E-state index in [2.05, 4.69) is 47.1 Å². The third-order valence-corrected chi connectivity index (χ3v) is 10.4. The van der Waals surface area contributed by atoms with E-state index >= 15 is 0 Å². The topological polar surface area (TPSA) is 161 Å². The summed E-state index contributed by atoms with van der Waals surface area (Å²) in [5.41, 5.74) is 1.83. The van der Waals surface area contributed by atoms with Gasteiger partial charge in [-0.3, -0.25) is 14.6 Å². The van der Waals surface area contributed by atoms with Crippen molar-refractivity contribution >= 4 is 67.1 Å². The van der Waals surface area contributed by atoms with Crippen molar-refractivity contribution in [2.75, 3.05) is 63.1 Å². The molecule has 0 saturated carbocycles. The van der Waals surface area contributed by atoms with Gasteiger partial charge in [0.1, 0.15) is 23.9 Å². The van der Waals surface area contributed by atoms with Crippen molar-refractivity contribution in [3.8, 4) is 11.5 Å². The SMILES string of the molecule is COc1cc(OC)c(Br)c(N2Cc3cnc(NC(C)C)nc3N(C3CCN(C(=O)/C=C/C[N+](C)(C)Cc4c([N+](=O)[O-])ncn4C)CC3)C2=O)c1Br.[Br-]. The monoisotopic (exact) mass is 912 g/mol. The number of likely N-dealkylation sites (N-methyl/N-ethyl adjacent to an activating group) is 1. The number of fused-ring (bicyclic) bond motifs is 1. The molecule has 0 aliphatic carbocycles. The van der Waals surface area contributed by atoms with Crippen LogP contribution in [0.1, 0.15) is 37.9 Å². The highest BCUT2D eigenvalue weighted by Gasteiger charge is 2.41. The van der Waals surface area contributed by atoms with Crippen LogP contribution in [0.2, 0.25) is 0 Å². The van der Waals surface area contributed by atoms with E-state index in [1.165, 1.54) is 6.33 Å². The van der Waals surface area contributed by atoms with E-state index in [-0.39, 0.29) is 53.4 Å². The third kappa shape index (κ3) is 8.69. The predicted octanol–water partition coefficient (Wildman–Crippen LogP) is 2.26. The van der Waals surface area contributed by atoms with E-state index in [4.69, 9.17) is 14.5 Å². The fourth-order valence-corrected chi connectivity index (χ4v) is 7.90. The van der Waals surface area contributed by atoms with Gasteiger partial charge in [-0.2, -0.15) is 4.98 Å². The number of nitro groups is 1. The van der Waals surface area contributed by atoms with Crippen molar-refractivity contribution in [1.29, 1.82) is 0 Å². The number of anilines is 3. The van der Waals surface area contributed by atoms with Crippen LogP contribution in [0.3, 0.4) is 0 Å². The Labute approximate surface area is 329 Å². The second kappa shape index (κ2) is 16.9. The molecule has 0 unspecified atom stereocenters. The smallest absolute Gasteiger partial charge is 0.390 e. The summed E-state index contributed by atoms with van der Waals surface area (Å²) < 4.78 is 14.4. The van der Waals surface area contributed by atoms with Crippen LogP contribution in [-0.4, -0.2) is 106 Å². The summed E-state index contributed by atoms with van der Waals surface area (Å²) in [6.07, 6.45) is 7.61. The normalized spacial score (nSPS) is 15.2. The number of hydrogen-bond donors (Lipinski definition) is 1. The number of ether oxygens (including phenoxy) is 2. The number of urea groups is 1. The molecule has 1 saturated heterocycles. The quantitative estimate of drug-likeness (QED) is 0.124. The molecule has 282 valence electrons. The number of carbonyl (C=O) groups is 2. The van der Waals surface area contributed by atoms with Crippen molar-refractivity contribution in [3.63, 3.8) is 0 Å². The highest BCUT2D eigenvalue weighted by Crippen LogP contribution is 2.48. The molecule has 2 aliphatic heterocycles. The molecule has 0 bridgehead atoms. The van der Waals surface area contributed by atoms with Gasteiger partial charge in [-0.15, -0.1) is 0 Å². The lowest BCUT2D eigenvalue weighted by molar-refractivity contribution is -0.898. The van der Waals surface area contributed by atoms with E-state index in [0.29, 0.717) is 87.1 Å². The molecule has 1 fully saturated rings. The first kappa shape index (κ1) is 41.0. The number of methoxy groups -OCH3 is 2. The molecule has 19 heteroatoms. The number of hydrogen-bond acceptors (Lipinski definition) is 10. The summed E-state index contributed by atoms with van der Waals surface area (Å²) in [4.78, 5) is 57.2. The van der Waals surface area contributed by atoms with Gasteiger partial charge in [-0.05, 0) is 74.5 Å². The van der Waals surface area contributed by atoms with Gasteiger partial charge in [0.2, 0.25) is 18.2 Å². The number of piperidine rings is 1. The van der Waals surface area contributed by atoms with Crippen LogP contribution < -0.4 is 41.6 Å². The van der Waals surface area contributed by atoms with Crippen molar-refractivity contribution in [2.45, 2.75) is 51.9 Å². The lowest BCUT2D eigenvalue weighted by Gasteiger charge is -2.43. The van der Waals surface area contributed by atoms with Crippen molar-refractivity contribution in [1.82, 2.24) is 24.4 Å². The van der Waals surface area contributed by atoms with E-state index in [0.717, 1.165) is 5.56 Å². The van der Waals surface area contributed by atoms with Gasteiger partial charge in [0.05, 0.1) is 56.0 Å². The Kier molecular flexibility index (Phi) is 13.3. The first-order chi connectivity index (χ1) is 24.1. The molecule has 52 heavy (non-hydrogen) atoms. The minimum absolute atomic E-state index is 0. The number of imidazole rings is 1. The summed E-state index contributed by atoms with van der Waals surface area (Å²) in [5.74, 6) is 1.68. The molecule has 1 N–H and O–H groups in total. The van der Waals surface area contributed by atoms with Gasteiger partial charge in [-0.1, -0.05) is 0 Å². The fraction of sp³-hybridized carbons (Fsp3) is 0.485. The summed E-state index contributed by atoms with van der Waals surface area (Å²) in [5, 5.41) is 14.7. The number of nitrogens with zero attached hydrogens (tertiary/aromatic N) is 9. The molecule has 0 atom stereocenters. The minimum Gasteiger partial charge on any atom is -1.00 e. The van der Waals surface area contributed by atoms with Gasteiger partial charge in [0, 0.05) is 56.1 Å². The maximum absolute atomic E-state index is 14.6. The van der Waals surface area contributed by atoms with Crippen LogP contribution in [0.25, 0.3) is 0 Å². The van der Waals surface area contributed by atoms with Gasteiger partial charge in [-0.25, -0.2) is 9.78 Å². The van der Waals surface area contributed by atoms with Crippen molar-refractivity contribution < 1.29 is 45.5 Å². The maximum Gasteiger partial charge on any atom is 0.390 e. The molecule has 4 heterocycles. The number of halogens is 3. The molecule has 3 aromatic rings. The number of amides is 3. The van der Waals surface area contributed by atoms with Crippen LogP contribution in [-0.2, 0) is 24.9 Å². The standard InChI is InChI=1S/C33H43Br2N10O6.BrH/c1-20(2)38-32-36-16-21-17-42(29-27(34)24(50-6)15-25(51-7)28(29)35)33(47)43(30(21)39-32)22-10-12-41(13-11-22)26(46)9-8-14-45(4,5)18-23-31(44(48)49)37-19-40(23)3;/h8-9,15-16,19-20,22H,10-14,17-18H2,1-7H3,(H,36,38,39);1H/q+1;/p-1/b9-8+;. The largest absolute Gasteiger partial charge is 1.00 e. The lowest BCUT2D eigenvalue weighted by Crippen LogP contribution is -3.00. The molecule has 1 aromatic carbocycles. The molecule has 2 aliphatic rings. The Balaban J connectivity index is 0.00000605. The summed E-state index contributed by atoms with van der Waals surface area (Å²) in [6.45, 7) is 5.92. The molecular formula is C33H43Br3N10O6. The van der Waals surface area contributed by atoms with Crippen molar-refractivity contribution in [3.05, 3.63) is 61.1 Å². The number of benzene rings is 1. The highest BCUT2D eigenvalue weighted by atomic mass is 79.9. The minimum atomic E-state index is -0.478. The Morgan fingerprint density at radius 3 is 2.37 bits per heavy atom. The van der Waals surface area contributed by atoms with Crippen LogP contribution in [0.15, 0.2) is 39.7 Å². The second-order valence-electron chi connectivity index (χ2n) is 13.5.